The van der Waals surface area contributed by atoms with Crippen molar-refractivity contribution in [3.05, 3.63) is 43.1 Å². The summed E-state index contributed by atoms with van der Waals surface area (Å²) in [5.41, 5.74) is 8.57. The van der Waals surface area contributed by atoms with Crippen molar-refractivity contribution in [2.24, 2.45) is 0 Å². The van der Waals surface area contributed by atoms with Gasteiger partial charge < -0.3 is 68.9 Å². The van der Waals surface area contributed by atoms with Gasteiger partial charge in [0.15, 0.2) is 23.0 Å². The molecule has 23 nitrogen and oxygen atoms in total. The zero-order chi connectivity index (χ0) is 68.8. The van der Waals surface area contributed by atoms with Crippen LogP contribution in [0.25, 0.3) is 28.1 Å². The Morgan fingerprint density at radius 3 is 1.16 bits per heavy atom. The van der Waals surface area contributed by atoms with E-state index in [1.807, 2.05) is 19.6 Å². The van der Waals surface area contributed by atoms with E-state index in [1.165, 1.54) is 250 Å². The number of aromatic nitrogens is 5. The van der Waals surface area contributed by atoms with Gasteiger partial charge in [0, 0.05) is 17.4 Å². The Bertz CT molecular complexity index is 2410. The smallest absolute Gasteiger partial charge is 0.278 e. The Morgan fingerprint density at radius 1 is 0.489 bits per heavy atom. The zero-order valence-electron chi connectivity index (χ0n) is 59.1. The van der Waals surface area contributed by atoms with Crippen LogP contribution in [0.2, 0.25) is 0 Å². The van der Waals surface area contributed by atoms with Gasteiger partial charge in [-0.25, -0.2) is 19.3 Å². The first-order chi connectivity index (χ1) is 44.0. The Hall–Kier alpha value is -2.76. The van der Waals surface area contributed by atoms with Crippen LogP contribution in [0.4, 0.5) is 5.69 Å². The number of aliphatic hydroxyl groups excluding tert-OH is 2. The van der Waals surface area contributed by atoms with Gasteiger partial charge in [0.25, 0.3) is 15.6 Å². The summed E-state index contributed by atoms with van der Waals surface area (Å²) >= 11 is 0. The van der Waals surface area contributed by atoms with Crippen molar-refractivity contribution >= 4 is 46.0 Å². The molecule has 1 aromatic carbocycles. The molecule has 0 saturated carbocycles. The Kier molecular flexibility index (Phi) is 48.8. The second-order valence-corrected chi connectivity index (χ2v) is 28.9. The van der Waals surface area contributed by atoms with E-state index >= 15 is 0 Å². The van der Waals surface area contributed by atoms with E-state index in [0.717, 1.165) is 5.56 Å². The maximum absolute atomic E-state index is 11.8. The number of anilines is 1. The number of quaternary nitrogens is 4. The molecule has 536 valence electrons. The fourth-order valence-electron chi connectivity index (χ4n) is 10.6. The third-order valence-corrected chi connectivity index (χ3v) is 19.9. The molecule has 0 bridgehead atoms. The van der Waals surface area contributed by atoms with Crippen molar-refractivity contribution in [3.63, 3.8) is 0 Å². The summed E-state index contributed by atoms with van der Waals surface area (Å²) in [6.45, 7) is 43.2. The summed E-state index contributed by atoms with van der Waals surface area (Å²) in [5, 5.41) is 20.9. The van der Waals surface area contributed by atoms with Crippen LogP contribution in [0.1, 0.15) is 243 Å². The summed E-state index contributed by atoms with van der Waals surface area (Å²) in [6, 6.07) is 7.00. The van der Waals surface area contributed by atoms with Gasteiger partial charge in [0.2, 0.25) is 0 Å². The number of phosphoric ester groups is 1. The SMILES string of the molecule is CCCC[NH+](CCCC)CCCC.CCCC[NH+](CCCC)CCCC.CCCC[NH+](CCCC)CCCC.CCCC[NH+](CCCC)CCCC.Nc1ccc(-c2cn3cnc4c(ncn4[C@@H]4O[C@H](COP(=O)([O-])OP(=O)([O-])OP(=O)([O-])[O-])[C@@H](O)[C@H]4O)c3n2)cc1. The maximum Gasteiger partial charge on any atom is 0.278 e. The standard InChI is InChI=1S/C18H21N6O13P3.4C12H27N/c19-10-3-1-9(2-4-10)11-5-23-7-21-16-13(17(23)22-11)20-8-24(16)18-15(26)14(25)12(35-18)6-34-39(30,31)37-40(32,33)36-38(27,28)29;4*1-4-7-10-13(11-8-5-2)12-9-6-3/h1-5,7-8,12,14-15,18,25-26H,6,19H2,(H,30,31)(H,32,33)(H2,27,28,29);4*4-12H2,1-3H3/t12-,14-,15-,18-;;;;/m1..../s1. The molecule has 2 unspecified atom stereocenters. The molecule has 5 rings (SSSR count). The molecule has 4 heterocycles. The number of ether oxygens (including phenoxy) is 1. The number of hydrogen-bond donors (Lipinski definition) is 7. The van der Waals surface area contributed by atoms with Crippen LogP contribution >= 0.6 is 23.5 Å². The normalized spacial score (nSPS) is 17.1. The second-order valence-electron chi connectivity index (χ2n) is 24.6. The number of nitrogens with two attached hydrogens (primary N) is 1. The molecule has 3 aromatic heterocycles. The molecule has 8 N–H and O–H groups in total. The van der Waals surface area contributed by atoms with Crippen LogP contribution < -0.4 is 44.9 Å². The van der Waals surface area contributed by atoms with Gasteiger partial charge in [-0.3, -0.25) is 22.4 Å². The summed E-state index contributed by atoms with van der Waals surface area (Å²) in [6.07, 6.45) is 31.1. The monoisotopic (exact) mass is 1360 g/mol. The third kappa shape index (κ3) is 37.7. The number of hydrogen-bond acceptors (Lipinski definition) is 17. The van der Waals surface area contributed by atoms with E-state index in [4.69, 9.17) is 10.5 Å². The van der Waals surface area contributed by atoms with Crippen molar-refractivity contribution in [1.82, 2.24) is 23.9 Å². The summed E-state index contributed by atoms with van der Waals surface area (Å²) in [7, 11) is -18.2. The van der Waals surface area contributed by atoms with Gasteiger partial charge in [0.05, 0.1) is 105 Å². The number of fused-ring (bicyclic) bond motifs is 3. The summed E-state index contributed by atoms with van der Waals surface area (Å²) in [5.74, 6) is 0. The Labute approximate surface area is 555 Å². The van der Waals surface area contributed by atoms with Crippen molar-refractivity contribution < 1.29 is 81.0 Å². The van der Waals surface area contributed by atoms with Crippen molar-refractivity contribution in [2.45, 2.75) is 262 Å². The van der Waals surface area contributed by atoms with Crippen LogP contribution in [-0.2, 0) is 31.6 Å². The van der Waals surface area contributed by atoms with Gasteiger partial charge in [-0.15, -0.1) is 0 Å². The van der Waals surface area contributed by atoms with Crippen LogP contribution in [0, 0.1) is 0 Å². The van der Waals surface area contributed by atoms with Crippen molar-refractivity contribution in [1.29, 1.82) is 0 Å². The Morgan fingerprint density at radius 2 is 0.837 bits per heavy atom. The van der Waals surface area contributed by atoms with Gasteiger partial charge in [-0.05, 0) is 89.2 Å². The van der Waals surface area contributed by atoms with E-state index in [0.29, 0.717) is 22.5 Å². The lowest BCUT2D eigenvalue weighted by Gasteiger charge is -2.37. The van der Waals surface area contributed by atoms with E-state index in [1.54, 1.807) is 34.9 Å². The number of benzene rings is 1. The number of unbranched alkanes of at least 4 members (excludes halogenated alkanes) is 12. The quantitative estimate of drug-likeness (QED) is 0.0176. The number of phosphoric acid groups is 3. The predicted molar refractivity (Wildman–Crippen MR) is 364 cm³/mol. The van der Waals surface area contributed by atoms with E-state index in [-0.39, 0.29) is 5.65 Å². The molecular formula is C66H129N10O13P3. The minimum Gasteiger partial charge on any atom is -0.790 e. The first kappa shape index (κ1) is 87.3. The number of nitrogens with zero attached hydrogens (tertiary/aromatic N) is 5. The molecule has 92 heavy (non-hydrogen) atoms. The van der Waals surface area contributed by atoms with Crippen LogP contribution in [0.5, 0.6) is 0 Å². The molecule has 4 aromatic rings. The first-order valence-corrected chi connectivity index (χ1v) is 40.0. The summed E-state index contributed by atoms with van der Waals surface area (Å²) < 4.78 is 52.8. The fourth-order valence-corrected chi connectivity index (χ4v) is 13.4. The average Bonchev–Trinajstić information content (AvgIpc) is 1.60. The highest BCUT2D eigenvalue weighted by molar-refractivity contribution is 7.64. The number of imidazole rings is 2. The second kappa shape index (κ2) is 51.5. The predicted octanol–water partition coefficient (Wildman–Crippen LogP) is 6.85. The topological polar surface area (TPSA) is 313 Å². The van der Waals surface area contributed by atoms with E-state index < -0.39 is 54.6 Å². The van der Waals surface area contributed by atoms with Gasteiger partial charge >= 0.3 is 0 Å². The zero-order valence-corrected chi connectivity index (χ0v) is 61.7. The molecule has 1 aliphatic rings. The van der Waals surface area contributed by atoms with Gasteiger partial charge in [-0.1, -0.05) is 172 Å². The molecule has 1 aliphatic heterocycles. The summed E-state index contributed by atoms with van der Waals surface area (Å²) in [4.78, 5) is 64.5. The first-order valence-electron chi connectivity index (χ1n) is 35.6. The molecule has 0 amide bonds. The van der Waals surface area contributed by atoms with E-state index in [2.05, 4.69) is 111 Å². The van der Waals surface area contributed by atoms with Gasteiger partial charge in [0.1, 0.15) is 24.6 Å². The molecule has 6 atom stereocenters. The lowest BCUT2D eigenvalue weighted by molar-refractivity contribution is -0.900. The highest BCUT2D eigenvalue weighted by Crippen LogP contribution is 2.60. The van der Waals surface area contributed by atoms with Crippen LogP contribution in [0.15, 0.2) is 43.1 Å². The highest BCUT2D eigenvalue weighted by atomic mass is 31.3. The molecule has 1 fully saturated rings. The van der Waals surface area contributed by atoms with E-state index in [9.17, 15) is 43.5 Å². The minimum atomic E-state index is -6.17. The molecule has 0 radical (unpaired) electrons. The molecule has 0 aliphatic carbocycles. The maximum atomic E-state index is 11.8. The van der Waals surface area contributed by atoms with Gasteiger partial charge in [-0.2, -0.15) is 0 Å². The molecule has 26 heteroatoms. The number of rotatable bonds is 45. The molecule has 1 saturated heterocycles. The van der Waals surface area contributed by atoms with Crippen LogP contribution in [0.3, 0.4) is 0 Å². The van der Waals surface area contributed by atoms with Crippen LogP contribution in [-0.4, -0.2) is 138 Å². The Balaban J connectivity index is 0.000000669. The largest absolute Gasteiger partial charge is 0.790 e. The number of nitrogen functional groups attached to an aromatic ring is 1. The van der Waals surface area contributed by atoms with Crippen molar-refractivity contribution in [3.8, 4) is 11.3 Å². The number of nitrogens with one attached hydrogen (secondary N) is 4. The fraction of sp³-hybridized carbons (Fsp3) is 0.803. The minimum absolute atomic E-state index is 0.182. The molecular weight excluding hydrogens is 1230 g/mol. The average molecular weight is 1360 g/mol. The van der Waals surface area contributed by atoms with Crippen molar-refractivity contribution in [2.75, 3.05) is 90.9 Å². The molecule has 0 spiro atoms. The third-order valence-electron chi connectivity index (χ3n) is 16.2. The lowest BCUT2D eigenvalue weighted by Crippen LogP contribution is -3.12. The highest BCUT2D eigenvalue weighted by Gasteiger charge is 2.45. The lowest BCUT2D eigenvalue weighted by atomic mass is 10.1. The number of aliphatic hydroxyl groups is 2.